The summed E-state index contributed by atoms with van der Waals surface area (Å²) in [6, 6.07) is 4.16. The molecule has 0 aromatic carbocycles. The summed E-state index contributed by atoms with van der Waals surface area (Å²) >= 11 is 3.43. The number of pyridine rings is 1. The van der Waals surface area contributed by atoms with Gasteiger partial charge in [-0.1, -0.05) is 26.8 Å². The second-order valence-electron chi connectivity index (χ2n) is 5.13. The van der Waals surface area contributed by atoms with E-state index in [1.807, 2.05) is 6.07 Å². The van der Waals surface area contributed by atoms with Crippen LogP contribution in [-0.2, 0) is 12.0 Å². The molecule has 2 nitrogen and oxygen atoms in total. The van der Waals surface area contributed by atoms with E-state index < -0.39 is 0 Å². The van der Waals surface area contributed by atoms with Crippen molar-refractivity contribution in [1.82, 2.24) is 9.88 Å². The third kappa shape index (κ3) is 3.58. The quantitative estimate of drug-likeness (QED) is 0.768. The van der Waals surface area contributed by atoms with Gasteiger partial charge in [-0.25, -0.2) is 4.98 Å². The Morgan fingerprint density at radius 1 is 1.27 bits per heavy atom. The van der Waals surface area contributed by atoms with Gasteiger partial charge in [0.15, 0.2) is 0 Å². The molecule has 15 heavy (non-hydrogen) atoms. The Labute approximate surface area is 101 Å². The maximum Gasteiger partial charge on any atom is 0.106 e. The number of hydrogen-bond donors (Lipinski definition) is 0. The molecule has 0 aliphatic rings. The highest BCUT2D eigenvalue weighted by atomic mass is 79.9. The van der Waals surface area contributed by atoms with Crippen molar-refractivity contribution in [3.05, 3.63) is 28.0 Å². The summed E-state index contributed by atoms with van der Waals surface area (Å²) < 4.78 is 0.912. The molecule has 0 fully saturated rings. The zero-order valence-corrected chi connectivity index (χ0v) is 11.7. The normalized spacial score (nSPS) is 12.2. The van der Waals surface area contributed by atoms with Gasteiger partial charge in [-0.3, -0.25) is 0 Å². The molecule has 1 rings (SSSR count). The van der Waals surface area contributed by atoms with Gasteiger partial charge in [-0.05, 0) is 41.7 Å². The lowest BCUT2D eigenvalue weighted by Crippen LogP contribution is -2.20. The van der Waals surface area contributed by atoms with Crippen molar-refractivity contribution < 1.29 is 0 Å². The molecule has 1 aromatic rings. The number of rotatable bonds is 2. The molecule has 84 valence electrons. The first kappa shape index (κ1) is 12.7. The minimum Gasteiger partial charge on any atom is -0.305 e. The van der Waals surface area contributed by atoms with Crippen LogP contribution in [0, 0.1) is 0 Å². The van der Waals surface area contributed by atoms with E-state index in [2.05, 4.69) is 66.7 Å². The second kappa shape index (κ2) is 4.62. The number of aromatic nitrogens is 1. The molecule has 0 amide bonds. The Balaban J connectivity index is 3.15. The summed E-state index contributed by atoms with van der Waals surface area (Å²) in [7, 11) is 4.16. The predicted molar refractivity (Wildman–Crippen MR) is 68.0 cm³/mol. The molecule has 0 unspecified atom stereocenters. The Morgan fingerprint density at radius 2 is 1.87 bits per heavy atom. The number of nitrogens with zero attached hydrogens (tertiary/aromatic N) is 2. The average molecular weight is 271 g/mol. The monoisotopic (exact) mass is 270 g/mol. The zero-order valence-electron chi connectivity index (χ0n) is 10.1. The van der Waals surface area contributed by atoms with E-state index in [1.165, 1.54) is 11.3 Å². The van der Waals surface area contributed by atoms with Gasteiger partial charge in [0.2, 0.25) is 0 Å². The van der Waals surface area contributed by atoms with Crippen LogP contribution in [0.1, 0.15) is 32.0 Å². The van der Waals surface area contributed by atoms with Gasteiger partial charge >= 0.3 is 0 Å². The molecule has 0 N–H and O–H groups in total. The van der Waals surface area contributed by atoms with Crippen LogP contribution in [0.3, 0.4) is 0 Å². The highest BCUT2D eigenvalue weighted by molar-refractivity contribution is 9.10. The molecule has 3 heteroatoms. The Bertz CT molecular complexity index is 340. The molecule has 0 radical (unpaired) electrons. The lowest BCUT2D eigenvalue weighted by Gasteiger charge is -2.23. The van der Waals surface area contributed by atoms with Crippen LogP contribution in [-0.4, -0.2) is 24.0 Å². The van der Waals surface area contributed by atoms with Gasteiger partial charge < -0.3 is 4.90 Å². The van der Waals surface area contributed by atoms with Crippen LogP contribution in [0.15, 0.2) is 16.7 Å². The van der Waals surface area contributed by atoms with Crippen molar-refractivity contribution >= 4 is 15.9 Å². The highest BCUT2D eigenvalue weighted by Gasteiger charge is 2.20. The van der Waals surface area contributed by atoms with Gasteiger partial charge in [-0.15, -0.1) is 0 Å². The zero-order chi connectivity index (χ0) is 11.6. The Hall–Kier alpha value is -0.410. The molecule has 1 heterocycles. The molecule has 0 atom stereocenters. The van der Waals surface area contributed by atoms with E-state index in [1.54, 1.807) is 0 Å². The number of halogens is 1. The van der Waals surface area contributed by atoms with Crippen molar-refractivity contribution in [2.24, 2.45) is 0 Å². The molecule has 0 bridgehead atoms. The second-order valence-corrected chi connectivity index (χ2v) is 5.94. The maximum absolute atomic E-state index is 4.59. The summed E-state index contributed by atoms with van der Waals surface area (Å²) in [5.41, 5.74) is 2.57. The van der Waals surface area contributed by atoms with Crippen molar-refractivity contribution in [2.45, 2.75) is 32.7 Å². The van der Waals surface area contributed by atoms with E-state index in [0.29, 0.717) is 0 Å². The van der Waals surface area contributed by atoms with Crippen molar-refractivity contribution in [3.8, 4) is 0 Å². The van der Waals surface area contributed by atoms with Gasteiger partial charge in [0, 0.05) is 12.0 Å². The third-order valence-corrected chi connectivity index (χ3v) is 2.58. The summed E-state index contributed by atoms with van der Waals surface area (Å²) in [6.45, 7) is 7.52. The molecule has 0 saturated heterocycles. The summed E-state index contributed by atoms with van der Waals surface area (Å²) in [5.74, 6) is 0. The first-order valence-corrected chi connectivity index (χ1v) is 5.90. The van der Waals surface area contributed by atoms with Crippen LogP contribution < -0.4 is 0 Å². The molecule has 1 aromatic heterocycles. The first-order chi connectivity index (χ1) is 6.80. The molecular weight excluding hydrogens is 252 g/mol. The van der Waals surface area contributed by atoms with Gasteiger partial charge in [0.05, 0.1) is 5.69 Å². The minimum atomic E-state index is 0.0924. The molecule has 0 spiro atoms. The van der Waals surface area contributed by atoms with Gasteiger partial charge in [0.25, 0.3) is 0 Å². The Kier molecular flexibility index (Phi) is 3.90. The topological polar surface area (TPSA) is 16.1 Å². The fraction of sp³-hybridized carbons (Fsp3) is 0.583. The van der Waals surface area contributed by atoms with Gasteiger partial charge in [-0.2, -0.15) is 0 Å². The van der Waals surface area contributed by atoms with E-state index in [9.17, 15) is 0 Å². The summed E-state index contributed by atoms with van der Waals surface area (Å²) in [5, 5.41) is 0. The van der Waals surface area contributed by atoms with Crippen LogP contribution in [0.4, 0.5) is 0 Å². The largest absolute Gasteiger partial charge is 0.305 e. The van der Waals surface area contributed by atoms with Crippen molar-refractivity contribution in [2.75, 3.05) is 14.1 Å². The highest BCUT2D eigenvalue weighted by Crippen LogP contribution is 2.26. The molecule has 0 saturated carbocycles. The van der Waals surface area contributed by atoms with Crippen LogP contribution in [0.2, 0.25) is 0 Å². The average Bonchev–Trinajstić information content (AvgIpc) is 2.05. The molecule has 0 aliphatic heterocycles. The fourth-order valence-corrected chi connectivity index (χ4v) is 1.89. The lowest BCUT2D eigenvalue weighted by atomic mass is 9.88. The number of hydrogen-bond acceptors (Lipinski definition) is 2. The van der Waals surface area contributed by atoms with Crippen LogP contribution in [0.25, 0.3) is 0 Å². The molecule has 0 aliphatic carbocycles. The van der Waals surface area contributed by atoms with Crippen molar-refractivity contribution in [3.63, 3.8) is 0 Å². The lowest BCUT2D eigenvalue weighted by molar-refractivity contribution is 0.394. The maximum atomic E-state index is 4.59. The summed E-state index contributed by atoms with van der Waals surface area (Å²) in [6.07, 6.45) is 0. The fourth-order valence-electron chi connectivity index (χ4n) is 1.58. The standard InChI is InChI=1S/C12H19BrN2/c1-12(2,3)11-9(8-15(4)5)6-7-10(13)14-11/h6-7H,8H2,1-5H3. The van der Waals surface area contributed by atoms with E-state index in [-0.39, 0.29) is 5.41 Å². The van der Waals surface area contributed by atoms with Crippen molar-refractivity contribution in [1.29, 1.82) is 0 Å². The van der Waals surface area contributed by atoms with E-state index >= 15 is 0 Å². The van der Waals surface area contributed by atoms with Crippen LogP contribution >= 0.6 is 15.9 Å². The van der Waals surface area contributed by atoms with Gasteiger partial charge in [0.1, 0.15) is 4.60 Å². The van der Waals surface area contributed by atoms with E-state index in [4.69, 9.17) is 0 Å². The smallest absolute Gasteiger partial charge is 0.106 e. The third-order valence-electron chi connectivity index (χ3n) is 2.14. The van der Waals surface area contributed by atoms with E-state index in [0.717, 1.165) is 11.1 Å². The first-order valence-electron chi connectivity index (χ1n) is 5.11. The van der Waals surface area contributed by atoms with Crippen LogP contribution in [0.5, 0.6) is 0 Å². The Morgan fingerprint density at radius 3 is 2.33 bits per heavy atom. The minimum absolute atomic E-state index is 0.0924. The predicted octanol–water partition coefficient (Wildman–Crippen LogP) is 3.20. The SMILES string of the molecule is CN(C)Cc1ccc(Br)nc1C(C)(C)C. The molecular formula is C12H19BrN2. The summed E-state index contributed by atoms with van der Waals surface area (Å²) in [4.78, 5) is 6.75.